The van der Waals surface area contributed by atoms with Gasteiger partial charge in [0.25, 0.3) is 5.56 Å². The van der Waals surface area contributed by atoms with Crippen LogP contribution in [0.25, 0.3) is 0 Å². The molecule has 114 valence electrons. The van der Waals surface area contributed by atoms with E-state index in [1.165, 1.54) is 11.1 Å². The molecule has 0 unspecified atom stereocenters. The highest BCUT2D eigenvalue weighted by molar-refractivity contribution is 5.25. The summed E-state index contributed by atoms with van der Waals surface area (Å²) in [7, 11) is 0. The van der Waals surface area contributed by atoms with Crippen LogP contribution in [-0.2, 0) is 19.5 Å². The van der Waals surface area contributed by atoms with Gasteiger partial charge in [-0.2, -0.15) is 0 Å². The summed E-state index contributed by atoms with van der Waals surface area (Å²) in [6.07, 6.45) is 6.92. The van der Waals surface area contributed by atoms with Crippen molar-refractivity contribution in [2.45, 2.75) is 45.2 Å². The minimum Gasteiger partial charge on any atom is -0.310 e. The maximum Gasteiger partial charge on any atom is 0.255 e. The number of H-pyrrole nitrogens is 1. The highest BCUT2D eigenvalue weighted by Crippen LogP contribution is 2.37. The Morgan fingerprint density at radius 1 is 1.41 bits per heavy atom. The van der Waals surface area contributed by atoms with Crippen molar-refractivity contribution in [1.29, 1.82) is 0 Å². The molecule has 2 aromatic heterocycles. The molecule has 22 heavy (non-hydrogen) atoms. The molecule has 5 nitrogen and oxygen atoms in total. The molecule has 1 aliphatic carbocycles. The van der Waals surface area contributed by atoms with Crippen LogP contribution in [0.4, 0.5) is 0 Å². The lowest BCUT2D eigenvalue weighted by Gasteiger charge is -2.28. The topological polar surface area (TPSA) is 61.9 Å². The van der Waals surface area contributed by atoms with Gasteiger partial charge in [0.2, 0.25) is 0 Å². The minimum atomic E-state index is 0.0551. The van der Waals surface area contributed by atoms with Gasteiger partial charge in [0.15, 0.2) is 0 Å². The SMILES string of the molecule is Cc1ccncc1CN1CCc2nc(C3CC3)[nH]c(=O)c2C1. The normalized spacial score (nSPS) is 18.2. The maximum absolute atomic E-state index is 12.3. The van der Waals surface area contributed by atoms with E-state index < -0.39 is 0 Å². The van der Waals surface area contributed by atoms with Crippen LogP contribution in [0.1, 0.15) is 47.0 Å². The minimum absolute atomic E-state index is 0.0551. The third-order valence-electron chi connectivity index (χ3n) is 4.67. The molecular formula is C17H20N4O. The van der Waals surface area contributed by atoms with Gasteiger partial charge in [-0.25, -0.2) is 4.98 Å². The zero-order valence-electron chi connectivity index (χ0n) is 12.8. The van der Waals surface area contributed by atoms with E-state index in [0.717, 1.165) is 49.4 Å². The monoisotopic (exact) mass is 296 g/mol. The Morgan fingerprint density at radius 3 is 3.05 bits per heavy atom. The van der Waals surface area contributed by atoms with E-state index in [2.05, 4.69) is 21.8 Å². The molecule has 5 heteroatoms. The number of nitrogens with zero attached hydrogens (tertiary/aromatic N) is 3. The Hall–Kier alpha value is -2.01. The summed E-state index contributed by atoms with van der Waals surface area (Å²) in [4.78, 5) is 26.5. The van der Waals surface area contributed by atoms with Gasteiger partial charge in [-0.05, 0) is 37.0 Å². The van der Waals surface area contributed by atoms with Gasteiger partial charge < -0.3 is 4.98 Å². The fraction of sp³-hybridized carbons (Fsp3) is 0.471. The Morgan fingerprint density at radius 2 is 2.27 bits per heavy atom. The second-order valence-electron chi connectivity index (χ2n) is 6.41. The molecule has 0 radical (unpaired) electrons. The molecule has 0 spiro atoms. The fourth-order valence-electron chi connectivity index (χ4n) is 3.09. The van der Waals surface area contributed by atoms with Crippen molar-refractivity contribution >= 4 is 0 Å². The number of hydrogen-bond acceptors (Lipinski definition) is 4. The number of nitrogens with one attached hydrogen (secondary N) is 1. The first kappa shape index (κ1) is 13.6. The lowest BCUT2D eigenvalue weighted by atomic mass is 10.0. The molecule has 1 N–H and O–H groups in total. The van der Waals surface area contributed by atoms with Crippen LogP contribution >= 0.6 is 0 Å². The number of aromatic amines is 1. The highest BCUT2D eigenvalue weighted by Gasteiger charge is 2.29. The van der Waals surface area contributed by atoms with Crippen molar-refractivity contribution in [3.05, 3.63) is 57.0 Å². The van der Waals surface area contributed by atoms with Gasteiger partial charge in [-0.3, -0.25) is 14.7 Å². The number of fused-ring (bicyclic) bond motifs is 1. The van der Waals surface area contributed by atoms with E-state index in [9.17, 15) is 4.79 Å². The first-order valence-corrected chi connectivity index (χ1v) is 7.94. The third kappa shape index (κ3) is 2.57. The smallest absolute Gasteiger partial charge is 0.255 e. The average Bonchev–Trinajstić information content (AvgIpc) is 3.35. The molecule has 0 aromatic carbocycles. The van der Waals surface area contributed by atoms with Crippen molar-refractivity contribution in [3.8, 4) is 0 Å². The number of aryl methyl sites for hydroxylation is 1. The quantitative estimate of drug-likeness (QED) is 0.940. The summed E-state index contributed by atoms with van der Waals surface area (Å²) in [6.45, 7) is 4.56. The van der Waals surface area contributed by atoms with Crippen LogP contribution < -0.4 is 5.56 Å². The van der Waals surface area contributed by atoms with Crippen molar-refractivity contribution in [2.24, 2.45) is 0 Å². The molecule has 0 amide bonds. The van der Waals surface area contributed by atoms with Crippen molar-refractivity contribution in [1.82, 2.24) is 19.9 Å². The van der Waals surface area contributed by atoms with Gasteiger partial charge in [-0.15, -0.1) is 0 Å². The summed E-state index contributed by atoms with van der Waals surface area (Å²) in [5.74, 6) is 1.40. The Balaban J connectivity index is 1.56. The van der Waals surface area contributed by atoms with Crippen LogP contribution in [0, 0.1) is 6.92 Å². The van der Waals surface area contributed by atoms with Gasteiger partial charge in [-0.1, -0.05) is 0 Å². The first-order valence-electron chi connectivity index (χ1n) is 7.94. The van der Waals surface area contributed by atoms with E-state index in [1.807, 2.05) is 18.5 Å². The molecule has 1 saturated carbocycles. The predicted molar refractivity (Wildman–Crippen MR) is 83.6 cm³/mol. The van der Waals surface area contributed by atoms with Crippen molar-refractivity contribution in [2.75, 3.05) is 6.54 Å². The Bertz CT molecular complexity index is 763. The second-order valence-corrected chi connectivity index (χ2v) is 6.41. The number of rotatable bonds is 3. The number of pyridine rings is 1. The Labute approximate surface area is 129 Å². The summed E-state index contributed by atoms with van der Waals surface area (Å²) in [5.41, 5.74) is 4.38. The van der Waals surface area contributed by atoms with E-state index in [0.29, 0.717) is 12.5 Å². The van der Waals surface area contributed by atoms with E-state index in [4.69, 9.17) is 4.98 Å². The van der Waals surface area contributed by atoms with Crippen LogP contribution in [0.2, 0.25) is 0 Å². The van der Waals surface area contributed by atoms with Gasteiger partial charge in [0.1, 0.15) is 5.82 Å². The van der Waals surface area contributed by atoms with E-state index in [-0.39, 0.29) is 5.56 Å². The highest BCUT2D eigenvalue weighted by atomic mass is 16.1. The predicted octanol–water partition coefficient (Wildman–Crippen LogP) is 1.91. The third-order valence-corrected chi connectivity index (χ3v) is 4.67. The van der Waals surface area contributed by atoms with Crippen LogP contribution in [0.15, 0.2) is 23.3 Å². The summed E-state index contributed by atoms with van der Waals surface area (Å²) >= 11 is 0. The average molecular weight is 296 g/mol. The number of hydrogen-bond donors (Lipinski definition) is 1. The lowest BCUT2D eigenvalue weighted by molar-refractivity contribution is 0.240. The van der Waals surface area contributed by atoms with Gasteiger partial charge >= 0.3 is 0 Å². The molecule has 3 heterocycles. The van der Waals surface area contributed by atoms with E-state index in [1.54, 1.807) is 0 Å². The molecule has 1 aliphatic heterocycles. The molecule has 0 bridgehead atoms. The summed E-state index contributed by atoms with van der Waals surface area (Å²) in [5, 5.41) is 0. The molecule has 2 aromatic rings. The molecule has 2 aliphatic rings. The molecule has 0 saturated heterocycles. The van der Waals surface area contributed by atoms with Crippen molar-refractivity contribution in [3.63, 3.8) is 0 Å². The van der Waals surface area contributed by atoms with E-state index >= 15 is 0 Å². The molecule has 1 fully saturated rings. The maximum atomic E-state index is 12.3. The summed E-state index contributed by atoms with van der Waals surface area (Å²) in [6, 6.07) is 2.03. The molecule has 0 atom stereocenters. The second kappa shape index (κ2) is 5.32. The number of aromatic nitrogens is 3. The van der Waals surface area contributed by atoms with Gasteiger partial charge in [0, 0.05) is 44.4 Å². The lowest BCUT2D eigenvalue weighted by Crippen LogP contribution is -2.35. The molecule has 4 rings (SSSR count). The standard InChI is InChI=1S/C17H20N4O/c1-11-4-6-18-8-13(11)9-21-7-5-15-14(10-21)17(22)20-16(19-15)12-2-3-12/h4,6,8,12H,2-3,5,7,9-10H2,1H3,(H,19,20,22). The van der Waals surface area contributed by atoms with Crippen LogP contribution in [0.3, 0.4) is 0 Å². The zero-order chi connectivity index (χ0) is 15.1. The van der Waals surface area contributed by atoms with Crippen LogP contribution in [0.5, 0.6) is 0 Å². The first-order chi connectivity index (χ1) is 10.7. The zero-order valence-corrected chi connectivity index (χ0v) is 12.8. The largest absolute Gasteiger partial charge is 0.310 e. The van der Waals surface area contributed by atoms with Crippen molar-refractivity contribution < 1.29 is 0 Å². The van der Waals surface area contributed by atoms with Gasteiger partial charge in [0.05, 0.1) is 11.3 Å². The van der Waals surface area contributed by atoms with Crippen LogP contribution in [-0.4, -0.2) is 26.4 Å². The fourth-order valence-corrected chi connectivity index (χ4v) is 3.09. The Kier molecular flexibility index (Phi) is 3.30. The summed E-state index contributed by atoms with van der Waals surface area (Å²) < 4.78 is 0. The molecular weight excluding hydrogens is 276 g/mol.